The maximum atomic E-state index is 11.8. The molecule has 0 aliphatic rings. The first-order valence-corrected chi connectivity index (χ1v) is 7.30. The van der Waals surface area contributed by atoms with E-state index in [1.165, 1.54) is 37.6 Å². The Bertz CT molecular complexity index is 787. The maximum absolute atomic E-state index is 11.8. The van der Waals surface area contributed by atoms with Gasteiger partial charge in [0.05, 0.1) is 31.8 Å². The zero-order valence-corrected chi connectivity index (χ0v) is 13.8. The summed E-state index contributed by atoms with van der Waals surface area (Å²) in [5, 5.41) is 14.5. The number of nitrogens with one attached hydrogen (secondary N) is 1. The molecular formula is C17H17N3O5. The zero-order chi connectivity index (χ0) is 18.2. The second kappa shape index (κ2) is 8.44. The van der Waals surface area contributed by atoms with Gasteiger partial charge >= 0.3 is 0 Å². The Balaban J connectivity index is 1.93. The van der Waals surface area contributed by atoms with Crippen LogP contribution in [0.3, 0.4) is 0 Å². The highest BCUT2D eigenvalue weighted by atomic mass is 16.6. The number of hydrogen-bond acceptors (Lipinski definition) is 6. The third-order valence-corrected chi connectivity index (χ3v) is 3.32. The number of amides is 1. The molecule has 0 saturated carbocycles. The largest absolute Gasteiger partial charge is 0.493 e. The molecule has 0 unspecified atom stereocenters. The van der Waals surface area contributed by atoms with Crippen molar-refractivity contribution in [3.8, 4) is 11.5 Å². The van der Waals surface area contributed by atoms with Gasteiger partial charge in [0.1, 0.15) is 0 Å². The molecule has 0 aliphatic carbocycles. The predicted octanol–water partition coefficient (Wildman–Crippen LogP) is 2.30. The molecular weight excluding hydrogens is 326 g/mol. The Kier molecular flexibility index (Phi) is 6.05. The van der Waals surface area contributed by atoms with E-state index < -0.39 is 4.92 Å². The Labute approximate surface area is 144 Å². The van der Waals surface area contributed by atoms with E-state index >= 15 is 0 Å². The van der Waals surface area contributed by atoms with Gasteiger partial charge in [-0.25, -0.2) is 5.43 Å². The van der Waals surface area contributed by atoms with Gasteiger partial charge in [0, 0.05) is 12.1 Å². The number of ether oxygens (including phenoxy) is 2. The lowest BCUT2D eigenvalue weighted by molar-refractivity contribution is -0.384. The van der Waals surface area contributed by atoms with E-state index in [9.17, 15) is 14.9 Å². The van der Waals surface area contributed by atoms with Crippen molar-refractivity contribution in [1.29, 1.82) is 0 Å². The summed E-state index contributed by atoms with van der Waals surface area (Å²) in [6, 6.07) is 11.0. The van der Waals surface area contributed by atoms with Crippen LogP contribution < -0.4 is 14.9 Å². The summed E-state index contributed by atoms with van der Waals surface area (Å²) < 4.78 is 10.3. The number of hydrazone groups is 1. The maximum Gasteiger partial charge on any atom is 0.269 e. The molecule has 8 heteroatoms. The molecule has 0 aromatic heterocycles. The van der Waals surface area contributed by atoms with E-state index in [2.05, 4.69) is 10.5 Å². The second-order valence-electron chi connectivity index (χ2n) is 5.01. The summed E-state index contributed by atoms with van der Waals surface area (Å²) in [5.74, 6) is 0.830. The molecule has 0 fully saturated rings. The van der Waals surface area contributed by atoms with Crippen molar-refractivity contribution in [1.82, 2.24) is 5.43 Å². The summed E-state index contributed by atoms with van der Waals surface area (Å²) >= 11 is 0. The van der Waals surface area contributed by atoms with E-state index in [1.54, 1.807) is 25.3 Å². The molecule has 0 saturated heterocycles. The number of hydrogen-bond donors (Lipinski definition) is 1. The lowest BCUT2D eigenvalue weighted by Crippen LogP contribution is -2.19. The lowest BCUT2D eigenvalue weighted by atomic mass is 10.1. The molecule has 0 bridgehead atoms. The normalized spacial score (nSPS) is 10.5. The van der Waals surface area contributed by atoms with Gasteiger partial charge < -0.3 is 9.47 Å². The molecule has 2 aromatic carbocycles. The van der Waals surface area contributed by atoms with E-state index in [0.29, 0.717) is 17.1 Å². The number of non-ortho nitro benzene ring substituents is 1. The average Bonchev–Trinajstić information content (AvgIpc) is 2.62. The van der Waals surface area contributed by atoms with Crippen LogP contribution in [0.15, 0.2) is 47.6 Å². The van der Waals surface area contributed by atoms with Gasteiger partial charge in [-0.2, -0.15) is 5.10 Å². The van der Waals surface area contributed by atoms with E-state index in [-0.39, 0.29) is 18.0 Å². The fourth-order valence-corrected chi connectivity index (χ4v) is 2.07. The highest BCUT2D eigenvalue weighted by molar-refractivity contribution is 5.84. The van der Waals surface area contributed by atoms with E-state index in [0.717, 1.165) is 5.56 Å². The van der Waals surface area contributed by atoms with Crippen molar-refractivity contribution in [3.63, 3.8) is 0 Å². The van der Waals surface area contributed by atoms with E-state index in [1.807, 2.05) is 0 Å². The summed E-state index contributed by atoms with van der Waals surface area (Å²) in [5.41, 5.74) is 3.78. The van der Waals surface area contributed by atoms with Gasteiger partial charge in [0.15, 0.2) is 11.5 Å². The summed E-state index contributed by atoms with van der Waals surface area (Å²) in [6.07, 6.45) is 1.55. The van der Waals surface area contributed by atoms with Gasteiger partial charge in [-0.05, 0) is 29.3 Å². The first-order valence-electron chi connectivity index (χ1n) is 7.30. The Morgan fingerprint density at radius 2 is 1.84 bits per heavy atom. The molecule has 25 heavy (non-hydrogen) atoms. The van der Waals surface area contributed by atoms with Gasteiger partial charge in [-0.1, -0.05) is 12.1 Å². The van der Waals surface area contributed by atoms with Crippen molar-refractivity contribution >= 4 is 17.8 Å². The predicted molar refractivity (Wildman–Crippen MR) is 92.1 cm³/mol. The first-order chi connectivity index (χ1) is 12.0. The third kappa shape index (κ3) is 5.03. The SMILES string of the molecule is COc1ccc(/C=N/NC(=O)Cc2ccc([N+](=O)[O-])cc2)cc1OC. The smallest absolute Gasteiger partial charge is 0.269 e. The van der Waals surface area contributed by atoms with Crippen molar-refractivity contribution in [2.24, 2.45) is 5.10 Å². The van der Waals surface area contributed by atoms with Crippen LogP contribution in [0.25, 0.3) is 0 Å². The number of benzene rings is 2. The van der Waals surface area contributed by atoms with E-state index in [4.69, 9.17) is 9.47 Å². The van der Waals surface area contributed by atoms with Crippen molar-refractivity contribution in [2.75, 3.05) is 14.2 Å². The molecule has 0 atom stereocenters. The monoisotopic (exact) mass is 343 g/mol. The molecule has 0 spiro atoms. The van der Waals surface area contributed by atoms with Crippen LogP contribution in [-0.2, 0) is 11.2 Å². The van der Waals surface area contributed by atoms with Gasteiger partial charge in [0.2, 0.25) is 5.91 Å². The third-order valence-electron chi connectivity index (χ3n) is 3.32. The molecule has 0 aliphatic heterocycles. The van der Waals surface area contributed by atoms with Crippen LogP contribution in [0.1, 0.15) is 11.1 Å². The topological polar surface area (TPSA) is 103 Å². The fraction of sp³-hybridized carbons (Fsp3) is 0.176. The Hall–Kier alpha value is -3.42. The number of rotatable bonds is 7. The number of methoxy groups -OCH3 is 2. The first kappa shape index (κ1) is 17.9. The molecule has 8 nitrogen and oxygen atoms in total. The minimum atomic E-state index is -0.489. The molecule has 0 radical (unpaired) electrons. The molecule has 2 aromatic rings. The van der Waals surface area contributed by atoms with Crippen LogP contribution in [0, 0.1) is 10.1 Å². The van der Waals surface area contributed by atoms with Crippen molar-refractivity contribution in [2.45, 2.75) is 6.42 Å². The zero-order valence-electron chi connectivity index (χ0n) is 13.8. The molecule has 0 heterocycles. The highest BCUT2D eigenvalue weighted by Crippen LogP contribution is 2.26. The number of carbonyl (C=O) groups is 1. The van der Waals surface area contributed by atoms with Gasteiger partial charge in [0.25, 0.3) is 5.69 Å². The minimum Gasteiger partial charge on any atom is -0.493 e. The van der Waals surface area contributed by atoms with Gasteiger partial charge in [-0.15, -0.1) is 0 Å². The molecule has 1 amide bonds. The second-order valence-corrected chi connectivity index (χ2v) is 5.01. The molecule has 130 valence electrons. The quantitative estimate of drug-likeness (QED) is 0.472. The summed E-state index contributed by atoms with van der Waals surface area (Å²) in [4.78, 5) is 21.9. The Morgan fingerprint density at radius 1 is 1.16 bits per heavy atom. The summed E-state index contributed by atoms with van der Waals surface area (Å²) in [7, 11) is 3.08. The number of nitrogens with zero attached hydrogens (tertiary/aromatic N) is 2. The minimum absolute atomic E-state index is 0.0179. The number of carbonyl (C=O) groups excluding carboxylic acids is 1. The number of nitro benzene ring substituents is 1. The standard InChI is InChI=1S/C17H17N3O5/c1-24-15-8-5-13(9-16(15)25-2)11-18-19-17(21)10-12-3-6-14(7-4-12)20(22)23/h3-9,11H,10H2,1-2H3,(H,19,21)/b18-11+. The molecule has 1 N–H and O–H groups in total. The van der Waals surface area contributed by atoms with Crippen LogP contribution >= 0.6 is 0 Å². The van der Waals surface area contributed by atoms with Crippen LogP contribution in [0.5, 0.6) is 11.5 Å². The van der Waals surface area contributed by atoms with Crippen LogP contribution in [-0.4, -0.2) is 31.3 Å². The van der Waals surface area contributed by atoms with Gasteiger partial charge in [-0.3, -0.25) is 14.9 Å². The van der Waals surface area contributed by atoms with Crippen LogP contribution in [0.2, 0.25) is 0 Å². The number of nitro groups is 1. The highest BCUT2D eigenvalue weighted by Gasteiger charge is 2.07. The van der Waals surface area contributed by atoms with Crippen LogP contribution in [0.4, 0.5) is 5.69 Å². The Morgan fingerprint density at radius 3 is 2.44 bits per heavy atom. The average molecular weight is 343 g/mol. The lowest BCUT2D eigenvalue weighted by Gasteiger charge is -2.07. The fourth-order valence-electron chi connectivity index (χ4n) is 2.07. The molecule has 2 rings (SSSR count). The summed E-state index contributed by atoms with van der Waals surface area (Å²) in [6.45, 7) is 0. The van der Waals surface area contributed by atoms with Crippen molar-refractivity contribution in [3.05, 3.63) is 63.7 Å². The van der Waals surface area contributed by atoms with Crippen molar-refractivity contribution < 1.29 is 19.2 Å².